The monoisotopic (exact) mass is 332 g/mol. The Morgan fingerprint density at radius 2 is 2.00 bits per heavy atom. The van der Waals surface area contributed by atoms with Gasteiger partial charge in [0.1, 0.15) is 5.15 Å². The van der Waals surface area contributed by atoms with Crippen molar-refractivity contribution < 1.29 is 4.79 Å². The molecule has 6 heteroatoms. The highest BCUT2D eigenvalue weighted by Gasteiger charge is 2.10. The zero-order valence-corrected chi connectivity index (χ0v) is 14.6. The Labute approximate surface area is 141 Å². The lowest BCUT2D eigenvalue weighted by Gasteiger charge is -2.23. The van der Waals surface area contributed by atoms with Crippen molar-refractivity contribution in [2.24, 2.45) is 7.05 Å². The van der Waals surface area contributed by atoms with Gasteiger partial charge in [-0.25, -0.2) is 0 Å². The highest BCUT2D eigenvalue weighted by Crippen LogP contribution is 2.20. The van der Waals surface area contributed by atoms with Gasteiger partial charge in [-0.2, -0.15) is 5.10 Å². The van der Waals surface area contributed by atoms with Crippen LogP contribution in [0.2, 0.25) is 5.15 Å². The number of hydrazine groups is 1. The molecule has 0 fully saturated rings. The van der Waals surface area contributed by atoms with Gasteiger partial charge >= 0.3 is 0 Å². The number of anilines is 1. The fourth-order valence-corrected chi connectivity index (χ4v) is 2.45. The number of carbonyl (C=O) groups excluding carboxylic acids is 1. The van der Waals surface area contributed by atoms with Crippen molar-refractivity contribution in [2.75, 3.05) is 11.6 Å². The van der Waals surface area contributed by atoms with Gasteiger partial charge in [-0.3, -0.25) is 19.9 Å². The molecule has 23 heavy (non-hydrogen) atoms. The number of rotatable bonds is 5. The first kappa shape index (κ1) is 17.1. The Bertz CT molecular complexity index is 719. The average Bonchev–Trinajstić information content (AvgIpc) is 2.77. The van der Waals surface area contributed by atoms with E-state index in [-0.39, 0.29) is 5.91 Å². The Morgan fingerprint density at radius 1 is 1.35 bits per heavy atom. The summed E-state index contributed by atoms with van der Waals surface area (Å²) in [6, 6.07) is 7.98. The number of halogens is 1. The van der Waals surface area contributed by atoms with Crippen LogP contribution in [-0.2, 0) is 11.8 Å². The number of hydrogen-bond acceptors (Lipinski definition) is 3. The van der Waals surface area contributed by atoms with Crippen LogP contribution >= 0.6 is 11.6 Å². The van der Waals surface area contributed by atoms with Crippen molar-refractivity contribution >= 4 is 29.3 Å². The predicted octanol–water partition coefficient (Wildman–Crippen LogP) is 3.26. The number of aromatic nitrogens is 2. The second-order valence-electron chi connectivity index (χ2n) is 5.30. The molecule has 0 saturated heterocycles. The summed E-state index contributed by atoms with van der Waals surface area (Å²) in [5.74, 6) is -0.216. The Kier molecular flexibility index (Phi) is 5.45. The Hall–Kier alpha value is -2.27. The van der Waals surface area contributed by atoms with Gasteiger partial charge in [0.05, 0.1) is 11.4 Å². The zero-order chi connectivity index (χ0) is 17.0. The third kappa shape index (κ3) is 4.13. The Morgan fingerprint density at radius 3 is 2.52 bits per heavy atom. The first-order valence-corrected chi connectivity index (χ1v) is 7.82. The van der Waals surface area contributed by atoms with Crippen molar-refractivity contribution in [3.05, 3.63) is 52.3 Å². The van der Waals surface area contributed by atoms with E-state index in [1.54, 1.807) is 22.8 Å². The molecule has 122 valence electrons. The lowest BCUT2D eigenvalue weighted by Crippen LogP contribution is -2.41. The molecule has 1 heterocycles. The largest absolute Gasteiger partial charge is 0.286 e. The molecular formula is C17H21ClN4O. The van der Waals surface area contributed by atoms with Crippen LogP contribution in [0.15, 0.2) is 30.3 Å². The molecule has 2 rings (SSSR count). The third-order valence-corrected chi connectivity index (χ3v) is 3.95. The van der Waals surface area contributed by atoms with E-state index in [0.29, 0.717) is 11.7 Å². The van der Waals surface area contributed by atoms with E-state index >= 15 is 0 Å². The summed E-state index contributed by atoms with van der Waals surface area (Å²) in [6.45, 7) is 6.52. The van der Waals surface area contributed by atoms with Crippen molar-refractivity contribution in [2.45, 2.75) is 20.8 Å². The maximum absolute atomic E-state index is 12.1. The van der Waals surface area contributed by atoms with Crippen LogP contribution in [0.4, 0.5) is 5.69 Å². The minimum Gasteiger partial charge on any atom is -0.286 e. The van der Waals surface area contributed by atoms with Crippen LogP contribution in [0.1, 0.15) is 23.7 Å². The normalized spacial score (nSPS) is 11.0. The van der Waals surface area contributed by atoms with Crippen LogP contribution in [0.5, 0.6) is 0 Å². The van der Waals surface area contributed by atoms with E-state index in [2.05, 4.69) is 10.5 Å². The smallest absolute Gasteiger partial charge is 0.262 e. The molecule has 0 aliphatic heterocycles. The maximum Gasteiger partial charge on any atom is 0.262 e. The number of carbonyl (C=O) groups is 1. The zero-order valence-electron chi connectivity index (χ0n) is 13.8. The highest BCUT2D eigenvalue weighted by atomic mass is 35.5. The van der Waals surface area contributed by atoms with Crippen LogP contribution < -0.4 is 10.4 Å². The van der Waals surface area contributed by atoms with E-state index in [4.69, 9.17) is 11.6 Å². The average molecular weight is 333 g/mol. The molecule has 1 N–H and O–H groups in total. The summed E-state index contributed by atoms with van der Waals surface area (Å²) < 4.78 is 1.58. The number of amides is 1. The van der Waals surface area contributed by atoms with Crippen LogP contribution in [0.3, 0.4) is 0 Å². The van der Waals surface area contributed by atoms with Crippen LogP contribution in [0.25, 0.3) is 6.08 Å². The molecule has 1 aromatic carbocycles. The lowest BCUT2D eigenvalue weighted by atomic mass is 10.2. The standard InChI is InChI=1S/C17H21ClN4O/c1-5-22(14-8-6-12(2)7-9-14)20-16(23)11-10-15-13(3)19-21(4)17(15)18/h6-11H,5H2,1-4H3,(H,20,23)/b11-10-. The molecule has 0 aliphatic rings. The molecule has 0 saturated carbocycles. The third-order valence-electron chi connectivity index (χ3n) is 3.50. The van der Waals surface area contributed by atoms with E-state index in [9.17, 15) is 4.79 Å². The van der Waals surface area contributed by atoms with Crippen LogP contribution in [-0.4, -0.2) is 22.2 Å². The summed E-state index contributed by atoms with van der Waals surface area (Å²) >= 11 is 6.15. The molecule has 0 unspecified atom stereocenters. The Balaban J connectivity index is 2.08. The van der Waals surface area contributed by atoms with Gasteiger partial charge in [0.15, 0.2) is 0 Å². The second kappa shape index (κ2) is 7.33. The van der Waals surface area contributed by atoms with E-state index in [0.717, 1.165) is 16.9 Å². The predicted molar refractivity (Wildman–Crippen MR) is 94.3 cm³/mol. The molecule has 1 amide bonds. The SMILES string of the molecule is CCN(NC(=O)/C=C\c1c(C)nn(C)c1Cl)c1ccc(C)cc1. The summed E-state index contributed by atoms with van der Waals surface area (Å²) in [4.78, 5) is 12.1. The molecule has 0 bridgehead atoms. The molecule has 0 spiro atoms. The fourth-order valence-electron chi connectivity index (χ4n) is 2.22. The summed E-state index contributed by atoms with van der Waals surface area (Å²) in [5.41, 5.74) is 6.51. The van der Waals surface area contributed by atoms with Gasteiger partial charge < -0.3 is 0 Å². The summed E-state index contributed by atoms with van der Waals surface area (Å²) in [5, 5.41) is 6.52. The minimum absolute atomic E-state index is 0.216. The van der Waals surface area contributed by atoms with E-state index in [1.807, 2.05) is 45.0 Å². The molecule has 0 atom stereocenters. The topological polar surface area (TPSA) is 50.2 Å². The maximum atomic E-state index is 12.1. The van der Waals surface area contributed by atoms with Gasteiger partial charge in [0.2, 0.25) is 0 Å². The number of nitrogens with zero attached hydrogens (tertiary/aromatic N) is 3. The van der Waals surface area contributed by atoms with Gasteiger partial charge in [0, 0.05) is 25.2 Å². The molecule has 2 aromatic rings. The number of aryl methyl sites for hydroxylation is 3. The van der Waals surface area contributed by atoms with Gasteiger partial charge in [-0.05, 0) is 39.0 Å². The van der Waals surface area contributed by atoms with Crippen molar-refractivity contribution in [3.63, 3.8) is 0 Å². The molecule has 0 aliphatic carbocycles. The van der Waals surface area contributed by atoms with E-state index < -0.39 is 0 Å². The second-order valence-corrected chi connectivity index (χ2v) is 5.66. The van der Waals surface area contributed by atoms with Gasteiger partial charge in [0.25, 0.3) is 5.91 Å². The van der Waals surface area contributed by atoms with Gasteiger partial charge in [-0.1, -0.05) is 29.3 Å². The summed E-state index contributed by atoms with van der Waals surface area (Å²) in [6.07, 6.45) is 3.15. The first-order valence-electron chi connectivity index (χ1n) is 7.44. The van der Waals surface area contributed by atoms with Crippen molar-refractivity contribution in [1.82, 2.24) is 15.2 Å². The molecule has 1 aromatic heterocycles. The lowest BCUT2D eigenvalue weighted by molar-refractivity contribution is -0.116. The minimum atomic E-state index is -0.216. The quantitative estimate of drug-likeness (QED) is 0.675. The van der Waals surface area contributed by atoms with Crippen LogP contribution in [0, 0.1) is 13.8 Å². The van der Waals surface area contributed by atoms with E-state index in [1.165, 1.54) is 11.6 Å². The van der Waals surface area contributed by atoms with Crippen molar-refractivity contribution in [1.29, 1.82) is 0 Å². The van der Waals surface area contributed by atoms with Gasteiger partial charge in [-0.15, -0.1) is 0 Å². The molecule has 0 radical (unpaired) electrons. The molecule has 5 nitrogen and oxygen atoms in total. The number of nitrogens with one attached hydrogen (secondary N) is 1. The van der Waals surface area contributed by atoms with Crippen molar-refractivity contribution in [3.8, 4) is 0 Å². The number of benzene rings is 1. The highest BCUT2D eigenvalue weighted by molar-refractivity contribution is 6.31. The summed E-state index contributed by atoms with van der Waals surface area (Å²) in [7, 11) is 1.77. The first-order chi connectivity index (χ1) is 10.9. The number of hydrogen-bond donors (Lipinski definition) is 1. The molecular weight excluding hydrogens is 312 g/mol. The fraction of sp³-hybridized carbons (Fsp3) is 0.294.